The van der Waals surface area contributed by atoms with Crippen molar-refractivity contribution in [2.75, 3.05) is 0 Å². The molecule has 1 aliphatic heterocycles. The molecule has 0 radical (unpaired) electrons. The van der Waals surface area contributed by atoms with Crippen molar-refractivity contribution in [3.63, 3.8) is 0 Å². The summed E-state index contributed by atoms with van der Waals surface area (Å²) in [5.74, 6) is 3.55. The van der Waals surface area contributed by atoms with E-state index in [0.29, 0.717) is 40.9 Å². The topological polar surface area (TPSA) is 46.5 Å². The molecule has 6 rings (SSSR count). The van der Waals surface area contributed by atoms with Crippen LogP contribution in [0, 0.1) is 57.2 Å². The first-order chi connectivity index (χ1) is 15.0. The maximum absolute atomic E-state index is 13.6. The molecule has 11 atom stereocenters. The number of aliphatic hydroxyl groups excluding tert-OH is 1. The Morgan fingerprint density at radius 3 is 2.41 bits per heavy atom. The Morgan fingerprint density at radius 2 is 1.69 bits per heavy atom. The fraction of sp³-hybridized carbons (Fsp3) is 0.966. The van der Waals surface area contributed by atoms with Gasteiger partial charge < -0.3 is 9.84 Å². The zero-order valence-corrected chi connectivity index (χ0v) is 21.4. The van der Waals surface area contributed by atoms with E-state index in [0.717, 1.165) is 38.5 Å². The van der Waals surface area contributed by atoms with Crippen molar-refractivity contribution in [3.8, 4) is 0 Å². The lowest BCUT2D eigenvalue weighted by atomic mass is 9.32. The second-order valence-electron chi connectivity index (χ2n) is 14.3. The van der Waals surface area contributed by atoms with Crippen LogP contribution in [0.2, 0.25) is 0 Å². The van der Waals surface area contributed by atoms with E-state index < -0.39 is 0 Å². The Hall–Kier alpha value is -0.570. The van der Waals surface area contributed by atoms with E-state index in [4.69, 9.17) is 4.74 Å². The van der Waals surface area contributed by atoms with Gasteiger partial charge in [-0.15, -0.1) is 0 Å². The number of carbonyl (C=O) groups excluding carboxylic acids is 1. The third-order valence-corrected chi connectivity index (χ3v) is 13.7. The van der Waals surface area contributed by atoms with Crippen LogP contribution in [0.5, 0.6) is 0 Å². The van der Waals surface area contributed by atoms with Gasteiger partial charge in [0.2, 0.25) is 0 Å². The van der Waals surface area contributed by atoms with Gasteiger partial charge in [-0.25, -0.2) is 0 Å². The minimum atomic E-state index is -0.248. The maximum atomic E-state index is 13.6. The number of ether oxygens (including phenoxy) is 1. The number of fused-ring (bicyclic) bond motifs is 4. The Balaban J connectivity index is 1.46. The van der Waals surface area contributed by atoms with Gasteiger partial charge >= 0.3 is 5.97 Å². The Kier molecular flexibility index (Phi) is 4.35. The van der Waals surface area contributed by atoms with Crippen LogP contribution in [-0.4, -0.2) is 22.8 Å². The highest BCUT2D eigenvalue weighted by Gasteiger charge is 2.82. The van der Waals surface area contributed by atoms with E-state index in [9.17, 15) is 9.90 Å². The average molecular weight is 443 g/mol. The highest BCUT2D eigenvalue weighted by molar-refractivity contribution is 5.82. The molecule has 0 aromatic heterocycles. The largest absolute Gasteiger partial charge is 0.458 e. The average Bonchev–Trinajstić information content (AvgIpc) is 3.21. The Morgan fingerprint density at radius 1 is 0.938 bits per heavy atom. The summed E-state index contributed by atoms with van der Waals surface area (Å²) in [6, 6.07) is 0. The fourth-order valence-corrected chi connectivity index (χ4v) is 11.8. The lowest BCUT2D eigenvalue weighted by Gasteiger charge is -2.72. The first-order valence-corrected chi connectivity index (χ1v) is 13.9. The van der Waals surface area contributed by atoms with Crippen LogP contribution in [0.3, 0.4) is 0 Å². The molecular weight excluding hydrogens is 396 g/mol. The van der Waals surface area contributed by atoms with E-state index in [1.54, 1.807) is 0 Å². The van der Waals surface area contributed by atoms with E-state index in [2.05, 4.69) is 41.5 Å². The number of esters is 1. The number of hydrogen-bond acceptors (Lipinski definition) is 3. The summed E-state index contributed by atoms with van der Waals surface area (Å²) in [4.78, 5) is 13.6. The molecule has 32 heavy (non-hydrogen) atoms. The number of hydrogen-bond donors (Lipinski definition) is 1. The minimum absolute atomic E-state index is 0.0635. The van der Waals surface area contributed by atoms with Crippen LogP contribution in [0.25, 0.3) is 0 Å². The molecule has 0 aromatic rings. The molecule has 0 amide bonds. The Labute approximate surface area is 195 Å². The molecular formula is C29H46O3. The first kappa shape index (κ1) is 21.9. The molecule has 1 heterocycles. The lowest BCUT2D eigenvalue weighted by Crippen LogP contribution is -2.71. The van der Waals surface area contributed by atoms with Crippen LogP contribution in [0.4, 0.5) is 0 Å². The molecule has 6 fully saturated rings. The van der Waals surface area contributed by atoms with Gasteiger partial charge in [0, 0.05) is 11.3 Å². The predicted molar refractivity (Wildman–Crippen MR) is 126 cm³/mol. The molecule has 5 aliphatic carbocycles. The molecule has 180 valence electrons. The molecule has 6 aliphatic rings. The van der Waals surface area contributed by atoms with Gasteiger partial charge in [-0.05, 0) is 105 Å². The van der Waals surface area contributed by atoms with Crippen molar-refractivity contribution < 1.29 is 14.6 Å². The number of rotatable bonds is 1. The summed E-state index contributed by atoms with van der Waals surface area (Å²) in [6.07, 6.45) is 11.2. The summed E-state index contributed by atoms with van der Waals surface area (Å²) < 4.78 is 6.76. The molecule has 5 saturated carbocycles. The molecule has 1 N–H and O–H groups in total. The Bertz CT molecular complexity index is 836. The number of carbonyl (C=O) groups is 1. The summed E-state index contributed by atoms with van der Waals surface area (Å²) in [5, 5.41) is 10.7. The van der Waals surface area contributed by atoms with Crippen molar-refractivity contribution in [3.05, 3.63) is 0 Å². The van der Waals surface area contributed by atoms with E-state index in [1.807, 2.05) is 0 Å². The van der Waals surface area contributed by atoms with E-state index >= 15 is 0 Å². The van der Waals surface area contributed by atoms with Gasteiger partial charge in [-0.2, -0.15) is 0 Å². The summed E-state index contributed by atoms with van der Waals surface area (Å²) in [6.45, 7) is 14.8. The van der Waals surface area contributed by atoms with Gasteiger partial charge in [0.25, 0.3) is 0 Å². The van der Waals surface area contributed by atoms with Crippen LogP contribution >= 0.6 is 0 Å². The van der Waals surface area contributed by atoms with Gasteiger partial charge in [0.1, 0.15) is 5.60 Å². The molecule has 0 unspecified atom stereocenters. The third kappa shape index (κ3) is 2.14. The summed E-state index contributed by atoms with van der Waals surface area (Å²) in [5.41, 5.74) is 0.151. The predicted octanol–water partition coefficient (Wildman–Crippen LogP) is 6.37. The van der Waals surface area contributed by atoms with Gasteiger partial charge in [0.05, 0.1) is 11.5 Å². The maximum Gasteiger partial charge on any atom is 0.313 e. The SMILES string of the molecule is CC(C)[C@@H]1CC[C@@]23CC[C@]4(C)[C@@](CC[C@@H]5[C@@]6(C)CC[C@H](O)[C@@H](C)[C@@H]6CC[C@]54C)(OC2=O)[C@@H]13. The van der Waals surface area contributed by atoms with Crippen molar-refractivity contribution in [1.29, 1.82) is 0 Å². The van der Waals surface area contributed by atoms with Gasteiger partial charge in [-0.3, -0.25) is 4.79 Å². The first-order valence-electron chi connectivity index (χ1n) is 13.9. The second-order valence-corrected chi connectivity index (χ2v) is 14.3. The summed E-state index contributed by atoms with van der Waals surface area (Å²) in [7, 11) is 0. The molecule has 1 saturated heterocycles. The monoisotopic (exact) mass is 442 g/mol. The lowest BCUT2D eigenvalue weighted by molar-refractivity contribution is -0.277. The standard InChI is InChI=1S/C29H46O3/c1-17(2)19-7-13-28-16-15-27(6)26(5)12-8-20-18(3)21(30)9-11-25(20,4)22(26)10-14-29(27,23(19)28)32-24(28)31/h17-23,30H,7-16H2,1-6H3/t18-,19-,20-,21-,22+,23-,25-,26+,27-,28-,29-/m0/s1. The fourth-order valence-electron chi connectivity index (χ4n) is 11.8. The quantitative estimate of drug-likeness (QED) is 0.480. The van der Waals surface area contributed by atoms with Gasteiger partial charge in [-0.1, -0.05) is 41.5 Å². The van der Waals surface area contributed by atoms with Crippen molar-refractivity contribution >= 4 is 5.97 Å². The number of aliphatic hydroxyl groups is 1. The molecule has 3 heteroatoms. The molecule has 0 aromatic carbocycles. The zero-order chi connectivity index (χ0) is 22.9. The zero-order valence-electron chi connectivity index (χ0n) is 21.4. The van der Waals surface area contributed by atoms with Crippen LogP contribution in [-0.2, 0) is 9.53 Å². The smallest absolute Gasteiger partial charge is 0.313 e. The molecule has 2 bridgehead atoms. The highest BCUT2D eigenvalue weighted by Crippen LogP contribution is 2.81. The van der Waals surface area contributed by atoms with Crippen molar-refractivity contribution in [1.82, 2.24) is 0 Å². The van der Waals surface area contributed by atoms with E-state index in [-0.39, 0.29) is 33.9 Å². The molecule has 3 nitrogen and oxygen atoms in total. The van der Waals surface area contributed by atoms with Crippen LogP contribution in [0.1, 0.15) is 106 Å². The summed E-state index contributed by atoms with van der Waals surface area (Å²) >= 11 is 0. The molecule has 1 spiro atoms. The van der Waals surface area contributed by atoms with Crippen molar-refractivity contribution in [2.45, 2.75) is 117 Å². The van der Waals surface area contributed by atoms with Crippen LogP contribution < -0.4 is 0 Å². The van der Waals surface area contributed by atoms with Gasteiger partial charge in [0.15, 0.2) is 0 Å². The minimum Gasteiger partial charge on any atom is -0.458 e. The normalized spacial score (nSPS) is 60.9. The van der Waals surface area contributed by atoms with Crippen molar-refractivity contribution in [2.24, 2.45) is 57.2 Å². The third-order valence-electron chi connectivity index (χ3n) is 13.7. The van der Waals surface area contributed by atoms with Crippen LogP contribution in [0.15, 0.2) is 0 Å². The van der Waals surface area contributed by atoms with E-state index in [1.165, 1.54) is 25.7 Å². The second kappa shape index (κ2) is 6.35. The highest BCUT2D eigenvalue weighted by atomic mass is 16.6.